The van der Waals surface area contributed by atoms with Gasteiger partial charge in [0.05, 0.1) is 12.0 Å². The van der Waals surface area contributed by atoms with Crippen LogP contribution in [0.5, 0.6) is 0 Å². The second-order valence-corrected chi connectivity index (χ2v) is 5.52. The van der Waals surface area contributed by atoms with Crippen LogP contribution in [0.15, 0.2) is 71.8 Å². The summed E-state index contributed by atoms with van der Waals surface area (Å²) in [6, 6.07) is 18.3. The molecule has 1 heterocycles. The number of nitrogens with zero attached hydrogens (tertiary/aromatic N) is 2. The molecule has 24 heavy (non-hydrogen) atoms. The summed E-state index contributed by atoms with van der Waals surface area (Å²) in [5, 5.41) is 2.74. The van der Waals surface area contributed by atoms with Crippen LogP contribution in [-0.2, 0) is 11.3 Å². The molecule has 0 saturated carbocycles. The zero-order chi connectivity index (χ0) is 16.9. The maximum absolute atomic E-state index is 12.2. The second-order valence-electron chi connectivity index (χ2n) is 5.52. The first-order valence-electron chi connectivity index (χ1n) is 7.60. The molecule has 1 aromatic heterocycles. The molecule has 2 aromatic carbocycles. The number of rotatable bonds is 4. The van der Waals surface area contributed by atoms with Crippen LogP contribution in [0, 0.1) is 6.92 Å². The Morgan fingerprint density at radius 1 is 1.08 bits per heavy atom. The molecule has 0 aliphatic rings. The number of carbonyl (C=O) groups is 1. The van der Waals surface area contributed by atoms with E-state index in [4.69, 9.17) is 0 Å². The molecule has 0 aliphatic heterocycles. The molecule has 0 unspecified atom stereocenters. The van der Waals surface area contributed by atoms with Crippen molar-refractivity contribution >= 4 is 11.6 Å². The molecule has 0 spiro atoms. The maximum atomic E-state index is 12.2. The largest absolute Gasteiger partial charge is 0.325 e. The third-order valence-electron chi connectivity index (χ3n) is 3.60. The molecule has 120 valence electrons. The van der Waals surface area contributed by atoms with Gasteiger partial charge in [0.15, 0.2) is 0 Å². The molecule has 1 N–H and O–H groups in total. The molecule has 5 nitrogen and oxygen atoms in total. The molecular weight excluding hydrogens is 302 g/mol. The Morgan fingerprint density at radius 3 is 2.46 bits per heavy atom. The van der Waals surface area contributed by atoms with Gasteiger partial charge in [-0.1, -0.05) is 48.0 Å². The summed E-state index contributed by atoms with van der Waals surface area (Å²) in [6.07, 6.45) is 1.40. The van der Waals surface area contributed by atoms with E-state index in [1.54, 1.807) is 12.1 Å². The lowest BCUT2D eigenvalue weighted by Gasteiger charge is -2.08. The summed E-state index contributed by atoms with van der Waals surface area (Å²) in [5.41, 5.74) is 3.05. The zero-order valence-corrected chi connectivity index (χ0v) is 13.3. The third kappa shape index (κ3) is 3.76. The molecule has 3 aromatic rings. The lowest BCUT2D eigenvalue weighted by Crippen LogP contribution is -2.27. The number of aromatic nitrogens is 2. The van der Waals surface area contributed by atoms with Gasteiger partial charge in [-0.05, 0) is 19.1 Å². The van der Waals surface area contributed by atoms with Crippen molar-refractivity contribution in [2.24, 2.45) is 0 Å². The first-order chi connectivity index (χ1) is 11.6. The van der Waals surface area contributed by atoms with Crippen molar-refractivity contribution < 1.29 is 4.79 Å². The van der Waals surface area contributed by atoms with Crippen molar-refractivity contribution in [2.45, 2.75) is 13.5 Å². The van der Waals surface area contributed by atoms with Crippen molar-refractivity contribution in [3.63, 3.8) is 0 Å². The SMILES string of the molecule is Cc1ccc(-c2cc(=O)n(CC(=O)Nc3ccccc3)cn2)cc1. The topological polar surface area (TPSA) is 64.0 Å². The minimum atomic E-state index is -0.270. The highest BCUT2D eigenvalue weighted by atomic mass is 16.2. The van der Waals surface area contributed by atoms with Crippen molar-refractivity contribution in [3.8, 4) is 11.3 Å². The van der Waals surface area contributed by atoms with Crippen LogP contribution in [0.25, 0.3) is 11.3 Å². The predicted molar refractivity (Wildman–Crippen MR) is 93.7 cm³/mol. The number of hydrogen-bond acceptors (Lipinski definition) is 3. The Hall–Kier alpha value is -3.21. The number of benzene rings is 2. The van der Waals surface area contributed by atoms with Crippen molar-refractivity contribution in [2.75, 3.05) is 5.32 Å². The summed E-state index contributed by atoms with van der Waals surface area (Å²) < 4.78 is 1.29. The van der Waals surface area contributed by atoms with E-state index in [-0.39, 0.29) is 18.0 Å². The van der Waals surface area contributed by atoms with Gasteiger partial charge in [0, 0.05) is 17.3 Å². The molecule has 0 bridgehead atoms. The predicted octanol–water partition coefficient (Wildman–Crippen LogP) is 2.86. The fourth-order valence-electron chi connectivity index (χ4n) is 2.30. The van der Waals surface area contributed by atoms with Crippen molar-refractivity contribution in [1.82, 2.24) is 9.55 Å². The van der Waals surface area contributed by atoms with Crippen LogP contribution in [0.4, 0.5) is 5.69 Å². The van der Waals surface area contributed by atoms with Gasteiger partial charge in [-0.15, -0.1) is 0 Å². The quantitative estimate of drug-likeness (QED) is 0.804. The van der Waals surface area contributed by atoms with Crippen molar-refractivity contribution in [1.29, 1.82) is 0 Å². The van der Waals surface area contributed by atoms with E-state index in [1.807, 2.05) is 49.4 Å². The molecule has 3 rings (SSSR count). The molecule has 5 heteroatoms. The minimum absolute atomic E-state index is 0.0745. The Balaban J connectivity index is 1.74. The smallest absolute Gasteiger partial charge is 0.254 e. The van der Waals surface area contributed by atoms with E-state index in [1.165, 1.54) is 17.0 Å². The van der Waals surface area contributed by atoms with E-state index in [9.17, 15) is 9.59 Å². The van der Waals surface area contributed by atoms with Crippen LogP contribution in [0.3, 0.4) is 0 Å². The fourth-order valence-corrected chi connectivity index (χ4v) is 2.30. The van der Waals surface area contributed by atoms with Crippen LogP contribution in [0.2, 0.25) is 0 Å². The second kappa shape index (κ2) is 6.91. The standard InChI is InChI=1S/C19H17N3O2/c1-14-7-9-15(10-8-14)17-11-19(24)22(13-20-17)12-18(23)21-16-5-3-2-4-6-16/h2-11,13H,12H2,1H3,(H,21,23). The van der Waals surface area contributed by atoms with E-state index >= 15 is 0 Å². The monoisotopic (exact) mass is 319 g/mol. The van der Waals surface area contributed by atoms with Gasteiger partial charge in [0.1, 0.15) is 6.54 Å². The minimum Gasteiger partial charge on any atom is -0.325 e. The van der Waals surface area contributed by atoms with Gasteiger partial charge in [0.25, 0.3) is 5.56 Å². The van der Waals surface area contributed by atoms with Crippen molar-refractivity contribution in [3.05, 3.63) is 82.9 Å². The lowest BCUT2D eigenvalue weighted by atomic mass is 10.1. The molecule has 0 aliphatic carbocycles. The van der Waals surface area contributed by atoms with Crippen LogP contribution in [0.1, 0.15) is 5.56 Å². The van der Waals surface area contributed by atoms with Crippen LogP contribution < -0.4 is 10.9 Å². The van der Waals surface area contributed by atoms with Gasteiger partial charge in [-0.25, -0.2) is 4.98 Å². The summed E-state index contributed by atoms with van der Waals surface area (Å²) in [4.78, 5) is 28.5. The number of amides is 1. The normalized spacial score (nSPS) is 10.4. The summed E-state index contributed by atoms with van der Waals surface area (Å²) in [7, 11) is 0. The highest BCUT2D eigenvalue weighted by molar-refractivity contribution is 5.90. The fraction of sp³-hybridized carbons (Fsp3) is 0.105. The molecule has 0 fully saturated rings. The summed E-state index contributed by atoms with van der Waals surface area (Å²) in [5.74, 6) is -0.270. The Morgan fingerprint density at radius 2 is 1.79 bits per heavy atom. The van der Waals surface area contributed by atoms with Gasteiger partial charge < -0.3 is 5.32 Å². The molecular formula is C19H17N3O2. The Bertz CT molecular complexity index is 900. The van der Waals surface area contributed by atoms with Gasteiger partial charge in [0.2, 0.25) is 5.91 Å². The summed E-state index contributed by atoms with van der Waals surface area (Å²) >= 11 is 0. The first kappa shape index (κ1) is 15.7. The Labute approximate surface area is 139 Å². The number of para-hydroxylation sites is 1. The highest BCUT2D eigenvalue weighted by Crippen LogP contribution is 2.15. The highest BCUT2D eigenvalue weighted by Gasteiger charge is 2.07. The average Bonchev–Trinajstić information content (AvgIpc) is 2.58. The van der Waals surface area contributed by atoms with E-state index in [0.29, 0.717) is 11.4 Å². The number of anilines is 1. The first-order valence-corrected chi connectivity index (χ1v) is 7.60. The van der Waals surface area contributed by atoms with E-state index in [0.717, 1.165) is 11.1 Å². The number of carbonyl (C=O) groups excluding carboxylic acids is 1. The summed E-state index contributed by atoms with van der Waals surface area (Å²) in [6.45, 7) is 1.93. The van der Waals surface area contributed by atoms with Crippen LogP contribution in [-0.4, -0.2) is 15.5 Å². The number of hydrogen-bond donors (Lipinski definition) is 1. The number of nitrogens with one attached hydrogen (secondary N) is 1. The zero-order valence-electron chi connectivity index (χ0n) is 13.3. The lowest BCUT2D eigenvalue weighted by molar-refractivity contribution is -0.116. The van der Waals surface area contributed by atoms with Gasteiger partial charge in [-0.2, -0.15) is 0 Å². The van der Waals surface area contributed by atoms with E-state index < -0.39 is 0 Å². The van der Waals surface area contributed by atoms with Gasteiger partial charge in [-0.3, -0.25) is 14.2 Å². The van der Waals surface area contributed by atoms with E-state index in [2.05, 4.69) is 10.3 Å². The molecule has 0 atom stereocenters. The Kier molecular flexibility index (Phi) is 4.52. The van der Waals surface area contributed by atoms with Crippen LogP contribution >= 0.6 is 0 Å². The molecule has 0 radical (unpaired) electrons. The molecule has 1 amide bonds. The average molecular weight is 319 g/mol. The van der Waals surface area contributed by atoms with Gasteiger partial charge >= 0.3 is 0 Å². The number of aryl methyl sites for hydroxylation is 1. The third-order valence-corrected chi connectivity index (χ3v) is 3.60. The molecule has 0 saturated heterocycles. The maximum Gasteiger partial charge on any atom is 0.254 e.